The number of rotatable bonds is 10. The molecule has 1 aliphatic rings. The molecule has 1 heterocycles. The van der Waals surface area contributed by atoms with Crippen LogP contribution in [-0.2, 0) is 17.8 Å². The van der Waals surface area contributed by atoms with E-state index in [1.165, 1.54) is 29.5 Å². The number of ether oxygens (including phenoxy) is 1. The maximum absolute atomic E-state index is 12.5. The third-order valence-electron chi connectivity index (χ3n) is 6.32. The van der Waals surface area contributed by atoms with Crippen molar-refractivity contribution in [2.24, 2.45) is 11.7 Å². The van der Waals surface area contributed by atoms with Crippen molar-refractivity contribution in [2.45, 2.75) is 58.5 Å². The zero-order valence-electron chi connectivity index (χ0n) is 19.0. The highest BCUT2D eigenvalue weighted by Gasteiger charge is 2.15. The fourth-order valence-corrected chi connectivity index (χ4v) is 4.09. The fourth-order valence-electron chi connectivity index (χ4n) is 4.09. The SMILES string of the molecule is Cc1cc(OCCC2CCCNC2)cc(CNC(=O)C(N)CCc2ccccc2)c1C. The van der Waals surface area contributed by atoms with Crippen molar-refractivity contribution in [3.8, 4) is 5.75 Å². The Bertz CT molecular complexity index is 832. The number of nitrogens with two attached hydrogens (primary N) is 1. The lowest BCUT2D eigenvalue weighted by Crippen LogP contribution is -2.40. The van der Waals surface area contributed by atoms with Gasteiger partial charge in [-0.3, -0.25) is 4.79 Å². The Balaban J connectivity index is 1.48. The first-order valence-electron chi connectivity index (χ1n) is 11.5. The Morgan fingerprint density at radius 3 is 2.81 bits per heavy atom. The lowest BCUT2D eigenvalue weighted by Gasteiger charge is -2.22. The summed E-state index contributed by atoms with van der Waals surface area (Å²) in [5.74, 6) is 1.48. The number of piperidine rings is 1. The number of nitrogens with one attached hydrogen (secondary N) is 2. The van der Waals surface area contributed by atoms with Gasteiger partial charge in [-0.2, -0.15) is 0 Å². The van der Waals surface area contributed by atoms with Gasteiger partial charge in [-0.05, 0) is 99.3 Å². The van der Waals surface area contributed by atoms with Gasteiger partial charge in [0, 0.05) is 6.54 Å². The summed E-state index contributed by atoms with van der Waals surface area (Å²) >= 11 is 0. The Labute approximate surface area is 186 Å². The van der Waals surface area contributed by atoms with Gasteiger partial charge >= 0.3 is 0 Å². The second-order valence-electron chi connectivity index (χ2n) is 8.72. The minimum atomic E-state index is -0.509. The van der Waals surface area contributed by atoms with Gasteiger partial charge < -0.3 is 21.1 Å². The Kier molecular flexibility index (Phi) is 8.92. The first kappa shape index (κ1) is 23.3. The van der Waals surface area contributed by atoms with Gasteiger partial charge in [0.1, 0.15) is 5.75 Å². The zero-order valence-corrected chi connectivity index (χ0v) is 19.0. The molecule has 0 aromatic heterocycles. The predicted molar refractivity (Wildman–Crippen MR) is 126 cm³/mol. The molecule has 2 aromatic carbocycles. The van der Waals surface area contributed by atoms with Crippen molar-refractivity contribution in [3.63, 3.8) is 0 Å². The standard InChI is InChI=1S/C26H37N3O2/c1-19-15-24(31-14-12-22-9-6-13-28-17-22)16-23(20(19)2)18-29-26(30)25(27)11-10-21-7-4-3-5-8-21/h3-5,7-8,15-16,22,25,28H,6,9-14,17-18,27H2,1-2H3,(H,29,30). The molecule has 1 fully saturated rings. The van der Waals surface area contributed by atoms with Crippen LogP contribution in [0.1, 0.15) is 47.9 Å². The molecule has 1 aliphatic heterocycles. The Hall–Kier alpha value is -2.37. The minimum Gasteiger partial charge on any atom is -0.494 e. The van der Waals surface area contributed by atoms with E-state index in [0.29, 0.717) is 18.9 Å². The normalized spacial score (nSPS) is 17.2. The molecular weight excluding hydrogens is 386 g/mol. The Morgan fingerprint density at radius 2 is 2.06 bits per heavy atom. The molecule has 4 N–H and O–H groups in total. The average molecular weight is 424 g/mol. The second-order valence-corrected chi connectivity index (χ2v) is 8.72. The van der Waals surface area contributed by atoms with Gasteiger partial charge in [0.2, 0.25) is 5.91 Å². The quantitative estimate of drug-likeness (QED) is 0.545. The third kappa shape index (κ3) is 7.37. The Morgan fingerprint density at radius 1 is 1.26 bits per heavy atom. The molecule has 0 bridgehead atoms. The fraction of sp³-hybridized carbons (Fsp3) is 0.500. The second kappa shape index (κ2) is 11.9. The van der Waals surface area contributed by atoms with Crippen molar-refractivity contribution < 1.29 is 9.53 Å². The topological polar surface area (TPSA) is 76.4 Å². The number of amides is 1. The van der Waals surface area contributed by atoms with Crippen LogP contribution in [0.15, 0.2) is 42.5 Å². The van der Waals surface area contributed by atoms with E-state index in [1.54, 1.807) is 0 Å². The summed E-state index contributed by atoms with van der Waals surface area (Å²) in [6, 6.07) is 13.8. The molecule has 31 heavy (non-hydrogen) atoms. The molecule has 2 atom stereocenters. The predicted octanol–water partition coefficient (Wildman–Crippen LogP) is 3.65. The van der Waals surface area contributed by atoms with Crippen LogP contribution in [0, 0.1) is 19.8 Å². The molecule has 5 heteroatoms. The van der Waals surface area contributed by atoms with Crippen LogP contribution in [0.5, 0.6) is 5.75 Å². The van der Waals surface area contributed by atoms with Gasteiger partial charge in [-0.15, -0.1) is 0 Å². The van der Waals surface area contributed by atoms with Crippen LogP contribution in [-0.4, -0.2) is 31.6 Å². The van der Waals surface area contributed by atoms with Crippen LogP contribution >= 0.6 is 0 Å². The van der Waals surface area contributed by atoms with Crippen molar-refractivity contribution in [3.05, 3.63) is 64.7 Å². The van der Waals surface area contributed by atoms with Gasteiger partial charge in [0.05, 0.1) is 12.6 Å². The van der Waals surface area contributed by atoms with E-state index < -0.39 is 6.04 Å². The number of aryl methyl sites for hydroxylation is 2. The number of carbonyl (C=O) groups is 1. The van der Waals surface area contributed by atoms with Crippen LogP contribution < -0.4 is 21.1 Å². The molecule has 1 saturated heterocycles. The largest absolute Gasteiger partial charge is 0.494 e. The molecule has 5 nitrogen and oxygen atoms in total. The van der Waals surface area contributed by atoms with E-state index in [-0.39, 0.29) is 5.91 Å². The third-order valence-corrected chi connectivity index (χ3v) is 6.32. The van der Waals surface area contributed by atoms with Crippen LogP contribution in [0.2, 0.25) is 0 Å². The molecule has 0 aliphatic carbocycles. The van der Waals surface area contributed by atoms with Gasteiger partial charge in [0.15, 0.2) is 0 Å². The van der Waals surface area contributed by atoms with Crippen molar-refractivity contribution in [2.75, 3.05) is 19.7 Å². The summed E-state index contributed by atoms with van der Waals surface area (Å²) in [7, 11) is 0. The summed E-state index contributed by atoms with van der Waals surface area (Å²) < 4.78 is 6.06. The summed E-state index contributed by atoms with van der Waals surface area (Å²) in [4.78, 5) is 12.5. The molecule has 0 radical (unpaired) electrons. The van der Waals surface area contributed by atoms with E-state index in [0.717, 1.165) is 43.9 Å². The van der Waals surface area contributed by atoms with E-state index in [9.17, 15) is 4.79 Å². The smallest absolute Gasteiger partial charge is 0.237 e. The van der Waals surface area contributed by atoms with Gasteiger partial charge in [-0.25, -0.2) is 0 Å². The van der Waals surface area contributed by atoms with E-state index in [2.05, 4.69) is 48.7 Å². The maximum Gasteiger partial charge on any atom is 0.237 e. The summed E-state index contributed by atoms with van der Waals surface area (Å²) in [5.41, 5.74) is 10.8. The number of benzene rings is 2. The molecule has 168 valence electrons. The lowest BCUT2D eigenvalue weighted by atomic mass is 9.97. The maximum atomic E-state index is 12.5. The first-order chi connectivity index (χ1) is 15.0. The molecule has 1 amide bonds. The highest BCUT2D eigenvalue weighted by molar-refractivity contribution is 5.81. The molecule has 2 aromatic rings. The molecule has 0 spiro atoms. The summed E-state index contributed by atoms with van der Waals surface area (Å²) in [5, 5.41) is 6.47. The van der Waals surface area contributed by atoms with Crippen LogP contribution in [0.25, 0.3) is 0 Å². The molecule has 3 rings (SSSR count). The van der Waals surface area contributed by atoms with E-state index >= 15 is 0 Å². The van der Waals surface area contributed by atoms with Gasteiger partial charge in [-0.1, -0.05) is 30.3 Å². The van der Waals surface area contributed by atoms with E-state index in [4.69, 9.17) is 10.5 Å². The number of carbonyl (C=O) groups excluding carboxylic acids is 1. The van der Waals surface area contributed by atoms with Crippen LogP contribution in [0.3, 0.4) is 0 Å². The van der Waals surface area contributed by atoms with Crippen molar-refractivity contribution in [1.82, 2.24) is 10.6 Å². The van der Waals surface area contributed by atoms with Crippen molar-refractivity contribution in [1.29, 1.82) is 0 Å². The van der Waals surface area contributed by atoms with Crippen molar-refractivity contribution >= 4 is 5.91 Å². The number of hydrogen-bond acceptors (Lipinski definition) is 4. The highest BCUT2D eigenvalue weighted by Crippen LogP contribution is 2.23. The molecule has 0 saturated carbocycles. The highest BCUT2D eigenvalue weighted by atomic mass is 16.5. The monoisotopic (exact) mass is 423 g/mol. The number of hydrogen-bond donors (Lipinski definition) is 3. The molecule has 2 unspecified atom stereocenters. The van der Waals surface area contributed by atoms with E-state index in [1.807, 2.05) is 18.2 Å². The summed E-state index contributed by atoms with van der Waals surface area (Å²) in [6.07, 6.45) is 5.04. The first-order valence-corrected chi connectivity index (χ1v) is 11.5. The molecular formula is C26H37N3O2. The van der Waals surface area contributed by atoms with Crippen LogP contribution in [0.4, 0.5) is 0 Å². The summed E-state index contributed by atoms with van der Waals surface area (Å²) in [6.45, 7) is 7.60. The minimum absolute atomic E-state index is 0.107. The zero-order chi connectivity index (χ0) is 22.1. The van der Waals surface area contributed by atoms with Gasteiger partial charge in [0.25, 0.3) is 0 Å². The average Bonchev–Trinajstić information content (AvgIpc) is 2.80. The lowest BCUT2D eigenvalue weighted by molar-refractivity contribution is -0.122.